The fourth-order valence-electron chi connectivity index (χ4n) is 3.87. The molecule has 1 saturated heterocycles. The number of fused-ring (bicyclic) bond motifs is 2. The van der Waals surface area contributed by atoms with Crippen LogP contribution in [0.5, 0.6) is 0 Å². The third-order valence-electron chi connectivity index (χ3n) is 5.42. The SMILES string of the molecule is CN(C)c1ncc2c(n1)C1(CCN(Cc3ccccc3F)C1)COC2.O=C(O)C(F)(F)F. The number of aromatic nitrogens is 2. The van der Waals surface area contributed by atoms with E-state index in [0.29, 0.717) is 19.8 Å². The number of hydrogen-bond acceptors (Lipinski definition) is 6. The molecule has 3 heterocycles. The molecule has 11 heteroatoms. The van der Waals surface area contributed by atoms with Crippen LogP contribution in [0.4, 0.5) is 23.5 Å². The molecule has 0 radical (unpaired) electrons. The molecule has 32 heavy (non-hydrogen) atoms. The van der Waals surface area contributed by atoms with Crippen molar-refractivity contribution in [2.75, 3.05) is 38.7 Å². The van der Waals surface area contributed by atoms with E-state index in [1.165, 1.54) is 6.07 Å². The predicted molar refractivity (Wildman–Crippen MR) is 108 cm³/mol. The maximum Gasteiger partial charge on any atom is 0.490 e. The third-order valence-corrected chi connectivity index (χ3v) is 5.42. The number of halogens is 4. The Morgan fingerprint density at radius 3 is 2.62 bits per heavy atom. The highest BCUT2D eigenvalue weighted by molar-refractivity contribution is 5.73. The van der Waals surface area contributed by atoms with Crippen molar-refractivity contribution in [2.45, 2.75) is 31.2 Å². The molecule has 2 aromatic rings. The van der Waals surface area contributed by atoms with Gasteiger partial charge in [0.2, 0.25) is 5.95 Å². The van der Waals surface area contributed by atoms with Crippen LogP contribution >= 0.6 is 0 Å². The molecule has 1 aromatic heterocycles. The molecule has 1 N–H and O–H groups in total. The largest absolute Gasteiger partial charge is 0.490 e. The van der Waals surface area contributed by atoms with Crippen molar-refractivity contribution in [1.82, 2.24) is 14.9 Å². The molecule has 174 valence electrons. The average Bonchev–Trinajstić information content (AvgIpc) is 3.12. The van der Waals surface area contributed by atoms with E-state index < -0.39 is 12.1 Å². The minimum Gasteiger partial charge on any atom is -0.475 e. The van der Waals surface area contributed by atoms with Crippen LogP contribution < -0.4 is 4.90 Å². The number of aliphatic carboxylic acids is 1. The summed E-state index contributed by atoms with van der Waals surface area (Å²) in [6.07, 6.45) is -2.23. The standard InChI is InChI=1S/C19H23FN4O.C2HF3O2/c1-23(2)18-21-9-15-11-25-13-19(17(15)22-18)7-8-24(12-19)10-14-5-3-4-6-16(14)20;3-2(4,5)1(6)7/h3-6,9H,7-8,10-13H2,1-2H3;(H,6,7). The Kier molecular flexibility index (Phi) is 6.99. The molecule has 1 spiro atoms. The number of benzene rings is 1. The van der Waals surface area contributed by atoms with Gasteiger partial charge in [-0.05, 0) is 19.0 Å². The maximum absolute atomic E-state index is 14.0. The van der Waals surface area contributed by atoms with Gasteiger partial charge < -0.3 is 14.7 Å². The Morgan fingerprint density at radius 1 is 1.31 bits per heavy atom. The van der Waals surface area contributed by atoms with Gasteiger partial charge in [-0.2, -0.15) is 13.2 Å². The molecular formula is C21H24F4N4O3. The number of alkyl halides is 3. The van der Waals surface area contributed by atoms with Crippen LogP contribution in [-0.4, -0.2) is 65.9 Å². The summed E-state index contributed by atoms with van der Waals surface area (Å²) in [4.78, 5) is 22.4. The van der Waals surface area contributed by atoms with E-state index in [0.717, 1.165) is 42.3 Å². The first-order valence-corrected chi connectivity index (χ1v) is 9.89. The molecule has 0 aliphatic carbocycles. The van der Waals surface area contributed by atoms with Crippen molar-refractivity contribution in [3.8, 4) is 0 Å². The van der Waals surface area contributed by atoms with Crippen molar-refractivity contribution < 1.29 is 32.2 Å². The van der Waals surface area contributed by atoms with E-state index in [2.05, 4.69) is 9.88 Å². The lowest BCUT2D eigenvalue weighted by Crippen LogP contribution is -2.40. The number of carboxylic acid groups (broad SMARTS) is 1. The lowest BCUT2D eigenvalue weighted by atomic mass is 9.80. The Bertz CT molecular complexity index is 970. The summed E-state index contributed by atoms with van der Waals surface area (Å²) < 4.78 is 51.6. The summed E-state index contributed by atoms with van der Waals surface area (Å²) >= 11 is 0. The second kappa shape index (κ2) is 9.37. The van der Waals surface area contributed by atoms with Crippen molar-refractivity contribution in [3.63, 3.8) is 0 Å². The fraction of sp³-hybridized carbons (Fsp3) is 0.476. The summed E-state index contributed by atoms with van der Waals surface area (Å²) in [5.74, 6) is -2.17. The highest BCUT2D eigenvalue weighted by Crippen LogP contribution is 2.39. The molecule has 1 fully saturated rings. The molecule has 0 saturated carbocycles. The summed E-state index contributed by atoms with van der Waals surface area (Å²) in [7, 11) is 3.90. The molecule has 1 atom stereocenters. The highest BCUT2D eigenvalue weighted by atomic mass is 19.4. The van der Waals surface area contributed by atoms with Crippen molar-refractivity contribution in [2.24, 2.45) is 0 Å². The summed E-state index contributed by atoms with van der Waals surface area (Å²) in [5, 5.41) is 7.12. The number of nitrogens with zero attached hydrogens (tertiary/aromatic N) is 4. The molecule has 2 aliphatic heterocycles. The highest BCUT2D eigenvalue weighted by Gasteiger charge is 2.45. The number of ether oxygens (including phenoxy) is 1. The second-order valence-corrected chi connectivity index (χ2v) is 8.07. The molecule has 0 amide bonds. The molecule has 0 bridgehead atoms. The Labute approximate surface area is 182 Å². The van der Waals surface area contributed by atoms with Gasteiger partial charge in [-0.3, -0.25) is 4.90 Å². The number of hydrogen-bond donors (Lipinski definition) is 1. The number of carboxylic acids is 1. The predicted octanol–water partition coefficient (Wildman–Crippen LogP) is 2.99. The van der Waals surface area contributed by atoms with Gasteiger partial charge in [0.05, 0.1) is 24.3 Å². The summed E-state index contributed by atoms with van der Waals surface area (Å²) in [5.41, 5.74) is 2.80. The van der Waals surface area contributed by atoms with Gasteiger partial charge in [-0.15, -0.1) is 0 Å². The van der Waals surface area contributed by atoms with Crippen molar-refractivity contribution in [1.29, 1.82) is 0 Å². The smallest absolute Gasteiger partial charge is 0.475 e. The summed E-state index contributed by atoms with van der Waals surface area (Å²) in [6, 6.07) is 7.00. The zero-order valence-corrected chi connectivity index (χ0v) is 17.7. The molecule has 1 aromatic carbocycles. The maximum atomic E-state index is 14.0. The molecule has 1 unspecified atom stereocenters. The number of anilines is 1. The van der Waals surface area contributed by atoms with Crippen LogP contribution in [0.3, 0.4) is 0 Å². The van der Waals surface area contributed by atoms with Crippen LogP contribution in [0.15, 0.2) is 30.5 Å². The van der Waals surface area contributed by atoms with Gasteiger partial charge in [0.25, 0.3) is 0 Å². The lowest BCUT2D eigenvalue weighted by molar-refractivity contribution is -0.192. The first-order chi connectivity index (χ1) is 15.0. The van der Waals surface area contributed by atoms with E-state index >= 15 is 0 Å². The minimum atomic E-state index is -5.08. The topological polar surface area (TPSA) is 78.8 Å². The van der Waals surface area contributed by atoms with Crippen LogP contribution in [-0.2, 0) is 28.1 Å². The molecular weight excluding hydrogens is 432 g/mol. The summed E-state index contributed by atoms with van der Waals surface area (Å²) in [6.45, 7) is 3.60. The first kappa shape index (κ1) is 23.9. The van der Waals surface area contributed by atoms with Crippen LogP contribution in [0.1, 0.15) is 23.2 Å². The van der Waals surface area contributed by atoms with Crippen molar-refractivity contribution >= 4 is 11.9 Å². The Balaban J connectivity index is 0.000000360. The monoisotopic (exact) mass is 456 g/mol. The van der Waals surface area contributed by atoms with E-state index in [4.69, 9.17) is 19.6 Å². The molecule has 2 aliphatic rings. The first-order valence-electron chi connectivity index (χ1n) is 9.89. The van der Waals surface area contributed by atoms with Crippen LogP contribution in [0.2, 0.25) is 0 Å². The van der Waals surface area contributed by atoms with Crippen LogP contribution in [0, 0.1) is 5.82 Å². The zero-order valence-electron chi connectivity index (χ0n) is 17.7. The molecule has 4 rings (SSSR count). The van der Waals surface area contributed by atoms with Gasteiger partial charge in [0.15, 0.2) is 0 Å². The quantitative estimate of drug-likeness (QED) is 0.712. The lowest BCUT2D eigenvalue weighted by Gasteiger charge is -2.34. The second-order valence-electron chi connectivity index (χ2n) is 8.07. The normalized spacial score (nSPS) is 20.4. The average molecular weight is 456 g/mol. The Morgan fingerprint density at radius 2 is 2.00 bits per heavy atom. The molecule has 7 nitrogen and oxygen atoms in total. The van der Waals surface area contributed by atoms with Gasteiger partial charge in [0.1, 0.15) is 5.82 Å². The van der Waals surface area contributed by atoms with Gasteiger partial charge in [0, 0.05) is 44.5 Å². The number of rotatable bonds is 3. The third kappa shape index (κ3) is 5.33. The van der Waals surface area contributed by atoms with Gasteiger partial charge >= 0.3 is 12.1 Å². The van der Waals surface area contributed by atoms with Gasteiger partial charge in [-0.1, -0.05) is 18.2 Å². The zero-order chi connectivity index (χ0) is 23.5. The van der Waals surface area contributed by atoms with Gasteiger partial charge in [-0.25, -0.2) is 19.2 Å². The van der Waals surface area contributed by atoms with Crippen LogP contribution in [0.25, 0.3) is 0 Å². The fourth-order valence-corrected chi connectivity index (χ4v) is 3.87. The number of likely N-dealkylation sites (tertiary alicyclic amines) is 1. The van der Waals surface area contributed by atoms with E-state index in [1.807, 2.05) is 37.3 Å². The van der Waals surface area contributed by atoms with Crippen molar-refractivity contribution in [3.05, 3.63) is 53.1 Å². The number of carbonyl (C=O) groups is 1. The van der Waals surface area contributed by atoms with E-state index in [-0.39, 0.29) is 11.2 Å². The minimum absolute atomic E-state index is 0.119. The van der Waals surface area contributed by atoms with E-state index in [9.17, 15) is 17.6 Å². The van der Waals surface area contributed by atoms with E-state index in [1.54, 1.807) is 6.07 Å². The Hall–Kier alpha value is -2.79.